The first-order chi connectivity index (χ1) is 10.7. The Bertz CT molecular complexity index is 755. The van der Waals surface area contributed by atoms with Gasteiger partial charge in [-0.2, -0.15) is 0 Å². The molecule has 3 rings (SSSR count). The summed E-state index contributed by atoms with van der Waals surface area (Å²) in [5.74, 6) is 6.70. The van der Waals surface area contributed by atoms with E-state index in [1.165, 1.54) is 0 Å². The van der Waals surface area contributed by atoms with E-state index in [2.05, 4.69) is 37.0 Å². The fourth-order valence-electron chi connectivity index (χ4n) is 2.90. The van der Waals surface area contributed by atoms with Crippen LogP contribution >= 0.6 is 0 Å². The molecule has 0 radical (unpaired) electrons. The molecule has 1 aliphatic heterocycles. The highest BCUT2D eigenvalue weighted by atomic mass is 16.1. The Morgan fingerprint density at radius 2 is 2.41 bits per heavy atom. The fourth-order valence-corrected chi connectivity index (χ4v) is 2.90. The summed E-state index contributed by atoms with van der Waals surface area (Å²) in [7, 11) is 0. The lowest BCUT2D eigenvalue weighted by molar-refractivity contribution is -0.116. The normalized spacial score (nSPS) is 17.9. The zero-order valence-corrected chi connectivity index (χ0v) is 12.8. The molecule has 2 aromatic rings. The molecular weight excluding hydrogens is 278 g/mol. The van der Waals surface area contributed by atoms with Gasteiger partial charge in [0.05, 0.1) is 5.52 Å². The van der Waals surface area contributed by atoms with Gasteiger partial charge in [-0.25, -0.2) is 9.97 Å². The molecule has 0 spiro atoms. The molecule has 114 valence electrons. The quantitative estimate of drug-likeness (QED) is 0.821. The summed E-state index contributed by atoms with van der Waals surface area (Å²) in [5.41, 5.74) is 1.88. The molecule has 6 heteroatoms. The molecule has 2 N–H and O–H groups in total. The molecular formula is C16H19N5O. The van der Waals surface area contributed by atoms with Crippen LogP contribution < -0.4 is 10.2 Å². The Kier molecular flexibility index (Phi) is 3.96. The van der Waals surface area contributed by atoms with Crippen LogP contribution in [-0.2, 0) is 4.79 Å². The lowest BCUT2D eigenvalue weighted by Crippen LogP contribution is -2.47. The Hall–Kier alpha value is -2.55. The summed E-state index contributed by atoms with van der Waals surface area (Å²) in [6, 6.07) is 2.03. The van der Waals surface area contributed by atoms with Crippen molar-refractivity contribution in [2.24, 2.45) is 0 Å². The summed E-state index contributed by atoms with van der Waals surface area (Å²) in [6.07, 6.45) is 3.76. The van der Waals surface area contributed by atoms with Gasteiger partial charge in [-0.05, 0) is 38.7 Å². The number of amides is 1. The number of carbonyl (C=O) groups excluding carboxylic acids is 1. The van der Waals surface area contributed by atoms with E-state index in [0.717, 1.165) is 48.6 Å². The van der Waals surface area contributed by atoms with Crippen LogP contribution in [0.4, 0.5) is 5.82 Å². The number of aryl methyl sites for hydroxylation is 1. The van der Waals surface area contributed by atoms with Crippen LogP contribution in [0, 0.1) is 18.8 Å². The maximum Gasteiger partial charge on any atom is 0.296 e. The number of aromatic amines is 1. The van der Waals surface area contributed by atoms with Crippen molar-refractivity contribution in [3.8, 4) is 11.8 Å². The van der Waals surface area contributed by atoms with Crippen molar-refractivity contribution in [1.29, 1.82) is 0 Å². The first kappa shape index (κ1) is 14.4. The second kappa shape index (κ2) is 6.06. The summed E-state index contributed by atoms with van der Waals surface area (Å²) >= 11 is 0. The number of aromatic nitrogens is 3. The number of hydrogen-bond acceptors (Lipinski definition) is 4. The minimum Gasteiger partial charge on any atom is -0.353 e. The molecule has 0 aliphatic carbocycles. The van der Waals surface area contributed by atoms with Crippen molar-refractivity contribution in [3.05, 3.63) is 18.1 Å². The van der Waals surface area contributed by atoms with Gasteiger partial charge in [0.2, 0.25) is 0 Å². The maximum atomic E-state index is 11.6. The third-order valence-corrected chi connectivity index (χ3v) is 3.79. The summed E-state index contributed by atoms with van der Waals surface area (Å²) in [5, 5.41) is 2.96. The molecule has 0 bridgehead atoms. The topological polar surface area (TPSA) is 73.9 Å². The van der Waals surface area contributed by atoms with Gasteiger partial charge in [0, 0.05) is 25.3 Å². The van der Waals surface area contributed by atoms with Crippen LogP contribution in [0.25, 0.3) is 11.0 Å². The van der Waals surface area contributed by atoms with E-state index < -0.39 is 0 Å². The van der Waals surface area contributed by atoms with Crippen LogP contribution in [0.15, 0.2) is 12.3 Å². The highest BCUT2D eigenvalue weighted by molar-refractivity contribution is 5.93. The van der Waals surface area contributed by atoms with E-state index in [9.17, 15) is 4.79 Å². The molecule has 1 atom stereocenters. The minimum atomic E-state index is -0.212. The number of anilines is 1. The molecule has 22 heavy (non-hydrogen) atoms. The summed E-state index contributed by atoms with van der Waals surface area (Å²) in [6.45, 7) is 5.25. The average molecular weight is 297 g/mol. The minimum absolute atomic E-state index is 0.0965. The second-order valence-corrected chi connectivity index (χ2v) is 5.49. The van der Waals surface area contributed by atoms with Crippen molar-refractivity contribution in [1.82, 2.24) is 20.3 Å². The van der Waals surface area contributed by atoms with E-state index >= 15 is 0 Å². The van der Waals surface area contributed by atoms with Gasteiger partial charge in [0.25, 0.3) is 5.91 Å². The molecule has 0 saturated carbocycles. The predicted octanol–water partition coefficient (Wildman–Crippen LogP) is 1.37. The number of pyridine rings is 1. The predicted molar refractivity (Wildman–Crippen MR) is 85.5 cm³/mol. The Morgan fingerprint density at radius 3 is 3.23 bits per heavy atom. The average Bonchev–Trinajstić information content (AvgIpc) is 2.87. The van der Waals surface area contributed by atoms with Crippen LogP contribution in [-0.4, -0.2) is 40.0 Å². The number of hydrogen-bond donors (Lipinski definition) is 2. The number of fused-ring (bicyclic) bond motifs is 1. The SMILES string of the molecule is CC#CC(=O)NC1CCCN(c2nccc3[nH]c(C)nc23)C1. The highest BCUT2D eigenvalue weighted by Gasteiger charge is 2.23. The fraction of sp³-hybridized carbons (Fsp3) is 0.438. The summed E-state index contributed by atoms with van der Waals surface area (Å²) < 4.78 is 0. The van der Waals surface area contributed by atoms with Crippen molar-refractivity contribution in [3.63, 3.8) is 0 Å². The first-order valence-corrected chi connectivity index (χ1v) is 7.47. The Morgan fingerprint density at radius 1 is 1.55 bits per heavy atom. The molecule has 1 fully saturated rings. The number of nitrogens with zero attached hydrogens (tertiary/aromatic N) is 3. The zero-order chi connectivity index (χ0) is 15.5. The lowest BCUT2D eigenvalue weighted by Gasteiger charge is -2.33. The van der Waals surface area contributed by atoms with Crippen molar-refractivity contribution >= 4 is 22.8 Å². The number of H-pyrrole nitrogens is 1. The van der Waals surface area contributed by atoms with Crippen LogP contribution in [0.1, 0.15) is 25.6 Å². The van der Waals surface area contributed by atoms with Crippen molar-refractivity contribution in [2.45, 2.75) is 32.7 Å². The molecule has 2 aromatic heterocycles. The zero-order valence-electron chi connectivity index (χ0n) is 12.8. The third-order valence-electron chi connectivity index (χ3n) is 3.79. The van der Waals surface area contributed by atoms with E-state index in [1.807, 2.05) is 13.0 Å². The Balaban J connectivity index is 1.81. The second-order valence-electron chi connectivity index (χ2n) is 5.49. The monoisotopic (exact) mass is 297 g/mol. The molecule has 0 aromatic carbocycles. The molecule has 6 nitrogen and oxygen atoms in total. The van der Waals surface area contributed by atoms with E-state index in [0.29, 0.717) is 0 Å². The van der Waals surface area contributed by atoms with Gasteiger partial charge >= 0.3 is 0 Å². The number of rotatable bonds is 2. The van der Waals surface area contributed by atoms with E-state index in [4.69, 9.17) is 0 Å². The van der Waals surface area contributed by atoms with Gasteiger partial charge < -0.3 is 15.2 Å². The first-order valence-electron chi connectivity index (χ1n) is 7.47. The van der Waals surface area contributed by atoms with Crippen LogP contribution in [0.2, 0.25) is 0 Å². The van der Waals surface area contributed by atoms with E-state index in [1.54, 1.807) is 13.1 Å². The number of piperidine rings is 1. The number of carbonyl (C=O) groups is 1. The van der Waals surface area contributed by atoms with Crippen LogP contribution in [0.3, 0.4) is 0 Å². The largest absolute Gasteiger partial charge is 0.353 e. The van der Waals surface area contributed by atoms with Gasteiger partial charge in [-0.1, -0.05) is 5.92 Å². The summed E-state index contributed by atoms with van der Waals surface area (Å²) in [4.78, 5) is 26.1. The molecule has 1 amide bonds. The third kappa shape index (κ3) is 2.89. The Labute approximate surface area is 129 Å². The van der Waals surface area contributed by atoms with E-state index in [-0.39, 0.29) is 11.9 Å². The van der Waals surface area contributed by atoms with Crippen molar-refractivity contribution in [2.75, 3.05) is 18.0 Å². The van der Waals surface area contributed by atoms with Gasteiger partial charge in [0.1, 0.15) is 11.3 Å². The smallest absolute Gasteiger partial charge is 0.296 e. The van der Waals surface area contributed by atoms with Crippen molar-refractivity contribution < 1.29 is 4.79 Å². The number of nitrogens with one attached hydrogen (secondary N) is 2. The van der Waals surface area contributed by atoms with Crippen LogP contribution in [0.5, 0.6) is 0 Å². The van der Waals surface area contributed by atoms with Gasteiger partial charge in [-0.15, -0.1) is 0 Å². The standard InChI is InChI=1S/C16H19N5O/c1-3-5-14(22)20-12-6-4-9-21(10-12)16-15-13(7-8-17-16)18-11(2)19-15/h7-8,12H,4,6,9-10H2,1-2H3,(H,18,19)(H,20,22). The highest BCUT2D eigenvalue weighted by Crippen LogP contribution is 2.25. The van der Waals surface area contributed by atoms with Gasteiger partial charge in [-0.3, -0.25) is 4.79 Å². The molecule has 3 heterocycles. The molecule has 1 aliphatic rings. The molecule has 1 unspecified atom stereocenters. The maximum absolute atomic E-state index is 11.6. The number of imidazole rings is 1. The lowest BCUT2D eigenvalue weighted by atomic mass is 10.1. The molecule has 1 saturated heterocycles. The van der Waals surface area contributed by atoms with Gasteiger partial charge in [0.15, 0.2) is 5.82 Å².